The highest BCUT2D eigenvalue weighted by atomic mass is 19.1. The van der Waals surface area contributed by atoms with Gasteiger partial charge in [0.05, 0.1) is 0 Å². The fourth-order valence-electron chi connectivity index (χ4n) is 3.04. The highest BCUT2D eigenvalue weighted by molar-refractivity contribution is 5.94. The van der Waals surface area contributed by atoms with Gasteiger partial charge in [0, 0.05) is 37.4 Å². The molecule has 4 heteroatoms. The van der Waals surface area contributed by atoms with E-state index in [1.807, 2.05) is 0 Å². The van der Waals surface area contributed by atoms with Crippen LogP contribution < -0.4 is 4.90 Å². The minimum atomic E-state index is -0.371. The number of rotatable bonds is 3. The summed E-state index contributed by atoms with van der Waals surface area (Å²) in [4.78, 5) is 16.5. The van der Waals surface area contributed by atoms with Gasteiger partial charge in [-0.3, -0.25) is 4.79 Å². The summed E-state index contributed by atoms with van der Waals surface area (Å²) in [6.45, 7) is 7.27. The first-order valence-corrected chi connectivity index (χ1v) is 8.44. The average Bonchev–Trinajstić information content (AvgIpc) is 2.61. The summed E-state index contributed by atoms with van der Waals surface area (Å²) in [7, 11) is 0. The maximum atomic E-state index is 13.3. The van der Waals surface area contributed by atoms with Gasteiger partial charge in [0.1, 0.15) is 5.82 Å². The Kier molecular flexibility index (Phi) is 4.84. The number of hydrogen-bond acceptors (Lipinski definition) is 2. The van der Waals surface area contributed by atoms with Crippen molar-refractivity contribution in [1.82, 2.24) is 4.90 Å². The fourth-order valence-corrected chi connectivity index (χ4v) is 3.04. The zero-order valence-electron chi connectivity index (χ0n) is 14.2. The van der Waals surface area contributed by atoms with Crippen molar-refractivity contribution in [3.8, 4) is 0 Å². The van der Waals surface area contributed by atoms with Crippen LogP contribution in [0.25, 0.3) is 0 Å². The molecule has 0 N–H and O–H groups in total. The molecule has 0 atom stereocenters. The monoisotopic (exact) mass is 326 g/mol. The summed E-state index contributed by atoms with van der Waals surface area (Å²) in [5.41, 5.74) is 2.95. The Bertz CT molecular complexity index is 704. The number of anilines is 1. The van der Waals surface area contributed by atoms with Gasteiger partial charge < -0.3 is 9.80 Å². The second-order valence-corrected chi connectivity index (χ2v) is 6.54. The maximum Gasteiger partial charge on any atom is 0.254 e. The van der Waals surface area contributed by atoms with E-state index in [1.165, 1.54) is 23.4 Å². The highest BCUT2D eigenvalue weighted by Crippen LogP contribution is 2.21. The molecular formula is C20H23FN2O. The van der Waals surface area contributed by atoms with Crippen molar-refractivity contribution in [2.45, 2.75) is 19.8 Å². The van der Waals surface area contributed by atoms with Crippen molar-refractivity contribution >= 4 is 11.6 Å². The van der Waals surface area contributed by atoms with Gasteiger partial charge in [-0.25, -0.2) is 4.39 Å². The van der Waals surface area contributed by atoms with Crippen LogP contribution in [-0.2, 0) is 0 Å². The van der Waals surface area contributed by atoms with Crippen LogP contribution in [-0.4, -0.2) is 37.0 Å². The van der Waals surface area contributed by atoms with Crippen LogP contribution in [0.3, 0.4) is 0 Å². The molecule has 0 bridgehead atoms. The molecule has 126 valence electrons. The second-order valence-electron chi connectivity index (χ2n) is 6.54. The van der Waals surface area contributed by atoms with E-state index >= 15 is 0 Å². The molecule has 3 nitrogen and oxygen atoms in total. The first kappa shape index (κ1) is 16.5. The second kappa shape index (κ2) is 7.04. The molecule has 1 saturated heterocycles. The van der Waals surface area contributed by atoms with Gasteiger partial charge >= 0.3 is 0 Å². The predicted molar refractivity (Wildman–Crippen MR) is 95.0 cm³/mol. The van der Waals surface area contributed by atoms with Crippen LogP contribution in [0.5, 0.6) is 0 Å². The SMILES string of the molecule is CC(C)c1ccc(N2CCN(C(=O)c3cccc(F)c3)CC2)cc1. The lowest BCUT2D eigenvalue weighted by atomic mass is 10.0. The lowest BCUT2D eigenvalue weighted by Gasteiger charge is -2.36. The van der Waals surface area contributed by atoms with E-state index in [-0.39, 0.29) is 11.7 Å². The Balaban J connectivity index is 1.62. The zero-order valence-corrected chi connectivity index (χ0v) is 14.2. The van der Waals surface area contributed by atoms with E-state index in [0.29, 0.717) is 24.6 Å². The molecule has 0 aromatic heterocycles. The third kappa shape index (κ3) is 3.58. The van der Waals surface area contributed by atoms with Crippen LogP contribution in [0.15, 0.2) is 48.5 Å². The van der Waals surface area contributed by atoms with E-state index < -0.39 is 0 Å². The smallest absolute Gasteiger partial charge is 0.254 e. The van der Waals surface area contributed by atoms with Crippen molar-refractivity contribution in [3.63, 3.8) is 0 Å². The van der Waals surface area contributed by atoms with Gasteiger partial charge in [0.2, 0.25) is 0 Å². The summed E-state index contributed by atoms with van der Waals surface area (Å²) in [5, 5.41) is 0. The third-order valence-electron chi connectivity index (χ3n) is 4.56. The molecule has 2 aromatic rings. The van der Waals surface area contributed by atoms with Crippen molar-refractivity contribution in [3.05, 3.63) is 65.5 Å². The van der Waals surface area contributed by atoms with E-state index in [0.717, 1.165) is 13.1 Å². The third-order valence-corrected chi connectivity index (χ3v) is 4.56. The summed E-state index contributed by atoms with van der Waals surface area (Å²) in [6.07, 6.45) is 0. The highest BCUT2D eigenvalue weighted by Gasteiger charge is 2.22. The Morgan fingerprint density at radius 1 is 1.00 bits per heavy atom. The summed E-state index contributed by atoms with van der Waals surface area (Å²) in [6, 6.07) is 14.6. The Morgan fingerprint density at radius 3 is 2.25 bits per heavy atom. The fraction of sp³-hybridized carbons (Fsp3) is 0.350. The van der Waals surface area contributed by atoms with Crippen molar-refractivity contribution in [1.29, 1.82) is 0 Å². The summed E-state index contributed by atoms with van der Waals surface area (Å²) < 4.78 is 13.3. The van der Waals surface area contributed by atoms with Gasteiger partial charge in [-0.2, -0.15) is 0 Å². The van der Waals surface area contributed by atoms with Gasteiger partial charge in [-0.15, -0.1) is 0 Å². The first-order chi connectivity index (χ1) is 11.5. The topological polar surface area (TPSA) is 23.6 Å². The number of piperazine rings is 1. The lowest BCUT2D eigenvalue weighted by Crippen LogP contribution is -2.48. The van der Waals surface area contributed by atoms with Gasteiger partial charge in [0.25, 0.3) is 5.91 Å². The zero-order chi connectivity index (χ0) is 17.1. The van der Waals surface area contributed by atoms with Crippen LogP contribution in [0.1, 0.15) is 35.7 Å². The minimum absolute atomic E-state index is 0.0932. The molecule has 1 aliphatic heterocycles. The first-order valence-electron chi connectivity index (χ1n) is 8.44. The molecular weight excluding hydrogens is 303 g/mol. The average molecular weight is 326 g/mol. The number of benzene rings is 2. The van der Waals surface area contributed by atoms with E-state index in [2.05, 4.69) is 43.0 Å². The number of hydrogen-bond donors (Lipinski definition) is 0. The molecule has 1 amide bonds. The van der Waals surface area contributed by atoms with Crippen molar-refractivity contribution in [2.24, 2.45) is 0 Å². The molecule has 0 aliphatic carbocycles. The minimum Gasteiger partial charge on any atom is -0.368 e. The lowest BCUT2D eigenvalue weighted by molar-refractivity contribution is 0.0746. The predicted octanol–water partition coefficient (Wildman–Crippen LogP) is 3.91. The largest absolute Gasteiger partial charge is 0.368 e. The quantitative estimate of drug-likeness (QED) is 0.854. The normalized spacial score (nSPS) is 15.0. The van der Waals surface area contributed by atoms with E-state index in [1.54, 1.807) is 17.0 Å². The molecule has 1 heterocycles. The molecule has 2 aromatic carbocycles. The van der Waals surface area contributed by atoms with Crippen LogP contribution in [0.4, 0.5) is 10.1 Å². The van der Waals surface area contributed by atoms with Gasteiger partial charge in [-0.05, 0) is 41.8 Å². The number of halogens is 1. The Labute approximate surface area is 142 Å². The molecule has 0 saturated carbocycles. The molecule has 1 fully saturated rings. The molecule has 3 rings (SSSR count). The number of carbonyl (C=O) groups excluding carboxylic acids is 1. The molecule has 24 heavy (non-hydrogen) atoms. The molecule has 0 unspecified atom stereocenters. The van der Waals surface area contributed by atoms with Crippen LogP contribution in [0.2, 0.25) is 0 Å². The maximum absolute atomic E-state index is 13.3. The standard InChI is InChI=1S/C20H23FN2O/c1-15(2)16-6-8-19(9-7-16)22-10-12-23(13-11-22)20(24)17-4-3-5-18(21)14-17/h3-9,14-15H,10-13H2,1-2H3. The van der Waals surface area contributed by atoms with E-state index in [4.69, 9.17) is 0 Å². The molecule has 0 spiro atoms. The number of carbonyl (C=O) groups is 1. The Morgan fingerprint density at radius 2 is 1.67 bits per heavy atom. The Hall–Kier alpha value is -2.36. The van der Waals surface area contributed by atoms with Crippen LogP contribution in [0, 0.1) is 5.82 Å². The summed E-state index contributed by atoms with van der Waals surface area (Å²) in [5.74, 6) is 0.0637. The van der Waals surface area contributed by atoms with Gasteiger partial charge in [-0.1, -0.05) is 32.0 Å². The molecule has 0 radical (unpaired) electrons. The van der Waals surface area contributed by atoms with Crippen LogP contribution >= 0.6 is 0 Å². The van der Waals surface area contributed by atoms with Crippen molar-refractivity contribution in [2.75, 3.05) is 31.1 Å². The number of amides is 1. The molecule has 1 aliphatic rings. The van der Waals surface area contributed by atoms with Crippen molar-refractivity contribution < 1.29 is 9.18 Å². The number of nitrogens with zero attached hydrogens (tertiary/aromatic N) is 2. The summed E-state index contributed by atoms with van der Waals surface area (Å²) >= 11 is 0. The van der Waals surface area contributed by atoms with Gasteiger partial charge in [0.15, 0.2) is 0 Å². The van der Waals surface area contributed by atoms with E-state index in [9.17, 15) is 9.18 Å².